The number of nitrogen functional groups attached to an aromatic ring is 1. The Morgan fingerprint density at radius 3 is 2.69 bits per heavy atom. The number of halogens is 2. The zero-order valence-corrected chi connectivity index (χ0v) is 9.58. The van der Waals surface area contributed by atoms with Crippen molar-refractivity contribution in [2.45, 2.75) is 0 Å². The summed E-state index contributed by atoms with van der Waals surface area (Å²) in [5, 5.41) is 10.6. The van der Waals surface area contributed by atoms with Crippen molar-refractivity contribution in [1.29, 1.82) is 0 Å². The molecule has 0 fully saturated rings. The Hall–Kier alpha value is -1.70. The van der Waals surface area contributed by atoms with Crippen LogP contribution in [0, 0.1) is 15.9 Å². The molecule has 6 nitrogen and oxygen atoms in total. The molecule has 0 aliphatic rings. The van der Waals surface area contributed by atoms with Crippen LogP contribution in [0.3, 0.4) is 0 Å². The van der Waals surface area contributed by atoms with Crippen LogP contribution in [-0.4, -0.2) is 18.0 Å². The largest absolute Gasteiger partial charge is 0.465 e. The first-order valence-electron chi connectivity index (χ1n) is 3.90. The molecule has 0 amide bonds. The number of ether oxygens (including phenoxy) is 1. The van der Waals surface area contributed by atoms with Gasteiger partial charge in [0.25, 0.3) is 0 Å². The normalized spacial score (nSPS) is 9.94. The molecular formula is C8H6BrFN2O4. The molecule has 0 heterocycles. The quantitative estimate of drug-likeness (QED) is 0.388. The Morgan fingerprint density at radius 2 is 2.25 bits per heavy atom. The van der Waals surface area contributed by atoms with Gasteiger partial charge in [0.1, 0.15) is 11.3 Å². The van der Waals surface area contributed by atoms with Crippen LogP contribution >= 0.6 is 15.9 Å². The number of methoxy groups -OCH3 is 1. The number of nitro groups is 1. The minimum absolute atomic E-state index is 0.0565. The molecule has 8 heteroatoms. The standard InChI is InChI=1S/C8H6BrFN2O4/c1-16-8(13)3-2-4(9)6(11)7(5(3)10)12(14)15/h2H,11H2,1H3. The Balaban J connectivity index is 3.56. The van der Waals surface area contributed by atoms with Crippen LogP contribution in [0.15, 0.2) is 10.5 Å². The fourth-order valence-corrected chi connectivity index (χ4v) is 1.48. The van der Waals surface area contributed by atoms with Crippen molar-refractivity contribution in [2.24, 2.45) is 0 Å². The van der Waals surface area contributed by atoms with E-state index in [1.807, 2.05) is 0 Å². The molecule has 2 N–H and O–H groups in total. The fraction of sp³-hybridized carbons (Fsp3) is 0.125. The van der Waals surface area contributed by atoms with Gasteiger partial charge < -0.3 is 10.5 Å². The monoisotopic (exact) mass is 292 g/mol. The summed E-state index contributed by atoms with van der Waals surface area (Å²) in [4.78, 5) is 20.7. The van der Waals surface area contributed by atoms with E-state index < -0.39 is 28.0 Å². The first-order chi connectivity index (χ1) is 7.40. The van der Waals surface area contributed by atoms with E-state index in [9.17, 15) is 19.3 Å². The molecule has 0 aliphatic carbocycles. The number of nitrogens with two attached hydrogens (primary N) is 1. The van der Waals surface area contributed by atoms with Crippen LogP contribution in [-0.2, 0) is 4.74 Å². The van der Waals surface area contributed by atoms with Gasteiger partial charge in [-0.2, -0.15) is 4.39 Å². The summed E-state index contributed by atoms with van der Waals surface area (Å²) in [5.74, 6) is -2.32. The molecule has 0 unspecified atom stereocenters. The van der Waals surface area contributed by atoms with Gasteiger partial charge in [-0.15, -0.1) is 0 Å². The lowest BCUT2D eigenvalue weighted by Gasteiger charge is -2.05. The lowest BCUT2D eigenvalue weighted by Crippen LogP contribution is -2.09. The second kappa shape index (κ2) is 4.44. The fourth-order valence-electron chi connectivity index (χ4n) is 1.06. The van der Waals surface area contributed by atoms with Crippen LogP contribution in [0.4, 0.5) is 15.8 Å². The second-order valence-corrected chi connectivity index (χ2v) is 3.59. The third-order valence-electron chi connectivity index (χ3n) is 1.82. The summed E-state index contributed by atoms with van der Waals surface area (Å²) in [6, 6.07) is 1.03. The third-order valence-corrected chi connectivity index (χ3v) is 2.47. The summed E-state index contributed by atoms with van der Waals surface area (Å²) in [6.07, 6.45) is 0. The van der Waals surface area contributed by atoms with Crippen LogP contribution < -0.4 is 5.73 Å². The number of nitrogens with zero attached hydrogens (tertiary/aromatic N) is 1. The van der Waals surface area contributed by atoms with Crippen LogP contribution in [0.1, 0.15) is 10.4 Å². The summed E-state index contributed by atoms with van der Waals surface area (Å²) < 4.78 is 17.9. The number of hydrogen-bond acceptors (Lipinski definition) is 5. The maximum Gasteiger partial charge on any atom is 0.341 e. The van der Waals surface area contributed by atoms with Gasteiger partial charge in [-0.25, -0.2) is 4.79 Å². The number of benzene rings is 1. The van der Waals surface area contributed by atoms with E-state index in [0.717, 1.165) is 13.2 Å². The minimum Gasteiger partial charge on any atom is -0.465 e. The molecule has 16 heavy (non-hydrogen) atoms. The van der Waals surface area contributed by atoms with Crippen molar-refractivity contribution in [3.63, 3.8) is 0 Å². The first kappa shape index (κ1) is 12.4. The van der Waals surface area contributed by atoms with E-state index >= 15 is 0 Å². The molecule has 1 aromatic carbocycles. The van der Waals surface area contributed by atoms with Crippen molar-refractivity contribution in [3.8, 4) is 0 Å². The average Bonchev–Trinajstić information content (AvgIpc) is 2.22. The molecule has 0 spiro atoms. The van der Waals surface area contributed by atoms with Crippen LogP contribution in [0.25, 0.3) is 0 Å². The zero-order valence-electron chi connectivity index (χ0n) is 7.99. The minimum atomic E-state index is -1.31. The van der Waals surface area contributed by atoms with Gasteiger partial charge in [0, 0.05) is 4.47 Å². The molecule has 1 aromatic rings. The smallest absolute Gasteiger partial charge is 0.341 e. The molecule has 0 radical (unpaired) electrons. The molecule has 0 saturated heterocycles. The van der Waals surface area contributed by atoms with Gasteiger partial charge in [-0.3, -0.25) is 10.1 Å². The summed E-state index contributed by atoms with van der Waals surface area (Å²) in [7, 11) is 1.04. The Kier molecular flexibility index (Phi) is 3.43. The van der Waals surface area contributed by atoms with Crippen molar-refractivity contribution >= 4 is 33.3 Å². The van der Waals surface area contributed by atoms with E-state index in [-0.39, 0.29) is 10.2 Å². The van der Waals surface area contributed by atoms with Gasteiger partial charge in [0.05, 0.1) is 12.0 Å². The van der Waals surface area contributed by atoms with Crippen LogP contribution in [0.2, 0.25) is 0 Å². The zero-order chi connectivity index (χ0) is 12.5. The second-order valence-electron chi connectivity index (χ2n) is 2.73. The van der Waals surface area contributed by atoms with Gasteiger partial charge >= 0.3 is 11.7 Å². The Labute approximate surface area is 97.5 Å². The number of rotatable bonds is 2. The molecule has 86 valence electrons. The Bertz CT molecular complexity index is 478. The highest BCUT2D eigenvalue weighted by atomic mass is 79.9. The average molecular weight is 293 g/mol. The summed E-state index contributed by atoms with van der Waals surface area (Å²) >= 11 is 2.89. The Morgan fingerprint density at radius 1 is 1.69 bits per heavy atom. The number of esters is 1. The van der Waals surface area contributed by atoms with Crippen molar-refractivity contribution in [3.05, 3.63) is 32.0 Å². The molecule has 0 aromatic heterocycles. The summed E-state index contributed by atoms with van der Waals surface area (Å²) in [6.45, 7) is 0. The third kappa shape index (κ3) is 1.96. The van der Waals surface area contributed by atoms with Crippen molar-refractivity contribution in [1.82, 2.24) is 0 Å². The van der Waals surface area contributed by atoms with E-state index in [4.69, 9.17) is 5.73 Å². The predicted molar refractivity (Wildman–Crippen MR) is 56.5 cm³/mol. The van der Waals surface area contributed by atoms with E-state index in [1.165, 1.54) is 0 Å². The highest BCUT2D eigenvalue weighted by Crippen LogP contribution is 2.34. The molecule has 0 saturated carbocycles. The first-order valence-corrected chi connectivity index (χ1v) is 4.69. The van der Waals surface area contributed by atoms with E-state index in [0.29, 0.717) is 0 Å². The number of carbonyl (C=O) groups is 1. The highest BCUT2D eigenvalue weighted by Gasteiger charge is 2.28. The number of carbonyl (C=O) groups excluding carboxylic acids is 1. The predicted octanol–water partition coefficient (Wildman–Crippen LogP) is 1.87. The molecule has 0 atom stereocenters. The molecule has 0 aliphatic heterocycles. The maximum absolute atomic E-state index is 13.6. The molecule has 0 bridgehead atoms. The van der Waals surface area contributed by atoms with Gasteiger partial charge in [-0.1, -0.05) is 0 Å². The number of hydrogen-bond donors (Lipinski definition) is 1. The number of nitro benzene ring substituents is 1. The molecular weight excluding hydrogens is 287 g/mol. The van der Waals surface area contributed by atoms with Crippen molar-refractivity contribution in [2.75, 3.05) is 12.8 Å². The van der Waals surface area contributed by atoms with Gasteiger partial charge in [0.2, 0.25) is 5.82 Å². The van der Waals surface area contributed by atoms with Gasteiger partial charge in [-0.05, 0) is 22.0 Å². The molecule has 1 rings (SSSR count). The lowest BCUT2D eigenvalue weighted by atomic mass is 10.1. The van der Waals surface area contributed by atoms with E-state index in [2.05, 4.69) is 20.7 Å². The number of anilines is 1. The van der Waals surface area contributed by atoms with E-state index in [1.54, 1.807) is 0 Å². The maximum atomic E-state index is 13.6. The summed E-state index contributed by atoms with van der Waals surface area (Å²) in [5.41, 5.74) is 3.44. The topological polar surface area (TPSA) is 95.5 Å². The van der Waals surface area contributed by atoms with Crippen molar-refractivity contribution < 1.29 is 18.8 Å². The SMILES string of the molecule is COC(=O)c1cc(Br)c(N)c([N+](=O)[O-])c1F. The highest BCUT2D eigenvalue weighted by molar-refractivity contribution is 9.10. The van der Waals surface area contributed by atoms with Crippen LogP contribution in [0.5, 0.6) is 0 Å². The van der Waals surface area contributed by atoms with Gasteiger partial charge in [0.15, 0.2) is 0 Å². The lowest BCUT2D eigenvalue weighted by molar-refractivity contribution is -0.386.